The van der Waals surface area contributed by atoms with E-state index in [4.69, 9.17) is 16.0 Å². The highest BCUT2D eigenvalue weighted by molar-refractivity contribution is 8.93. The molecule has 4 nitrogen and oxygen atoms in total. The predicted molar refractivity (Wildman–Crippen MR) is 74.9 cm³/mol. The van der Waals surface area contributed by atoms with Gasteiger partial charge >= 0.3 is 0 Å². The standard InChI is InChI=1S/C12H12ClN3O.BrH/c13-10-4-2-1-3-9(10)12-16-15-11(17-12)7-14-8-5-6-8;/h1-4,8,14H,5-7H2;1H. The second-order valence-corrected chi connectivity index (χ2v) is 4.54. The number of nitrogens with one attached hydrogen (secondary N) is 1. The van der Waals surface area contributed by atoms with Crippen molar-refractivity contribution in [2.24, 2.45) is 0 Å². The summed E-state index contributed by atoms with van der Waals surface area (Å²) >= 11 is 6.06. The molecule has 1 aromatic heterocycles. The Morgan fingerprint density at radius 2 is 2.06 bits per heavy atom. The van der Waals surface area contributed by atoms with Crippen LogP contribution in [-0.2, 0) is 6.54 Å². The van der Waals surface area contributed by atoms with Gasteiger partial charge in [0.15, 0.2) is 0 Å². The first-order chi connectivity index (χ1) is 8.33. The number of halogens is 2. The van der Waals surface area contributed by atoms with Crippen molar-refractivity contribution in [3.05, 3.63) is 35.2 Å². The Balaban J connectivity index is 0.00000120. The monoisotopic (exact) mass is 329 g/mol. The fourth-order valence-electron chi connectivity index (χ4n) is 1.59. The molecule has 6 heteroatoms. The summed E-state index contributed by atoms with van der Waals surface area (Å²) in [6.45, 7) is 0.627. The van der Waals surface area contributed by atoms with Gasteiger partial charge < -0.3 is 9.73 Å². The lowest BCUT2D eigenvalue weighted by atomic mass is 10.2. The summed E-state index contributed by atoms with van der Waals surface area (Å²) in [5.74, 6) is 1.08. The Morgan fingerprint density at radius 1 is 1.28 bits per heavy atom. The van der Waals surface area contributed by atoms with E-state index in [9.17, 15) is 0 Å². The summed E-state index contributed by atoms with van der Waals surface area (Å²) in [5, 5.41) is 11.9. The minimum Gasteiger partial charge on any atom is -0.419 e. The van der Waals surface area contributed by atoms with Crippen molar-refractivity contribution >= 4 is 28.6 Å². The molecule has 96 valence electrons. The van der Waals surface area contributed by atoms with Gasteiger partial charge in [-0.05, 0) is 25.0 Å². The molecule has 0 radical (unpaired) electrons. The molecular weight excluding hydrogens is 318 g/mol. The summed E-state index contributed by atoms with van der Waals surface area (Å²) in [5.41, 5.74) is 0.777. The quantitative estimate of drug-likeness (QED) is 0.935. The lowest BCUT2D eigenvalue weighted by molar-refractivity contribution is 0.476. The van der Waals surface area contributed by atoms with Gasteiger partial charge in [0.1, 0.15) is 0 Å². The molecule has 0 spiro atoms. The number of hydrogen-bond acceptors (Lipinski definition) is 4. The summed E-state index contributed by atoms with van der Waals surface area (Å²) < 4.78 is 5.56. The third-order valence-electron chi connectivity index (χ3n) is 2.69. The molecule has 1 aliphatic rings. The van der Waals surface area contributed by atoms with E-state index in [2.05, 4.69) is 15.5 Å². The van der Waals surface area contributed by atoms with Crippen LogP contribution < -0.4 is 5.32 Å². The second-order valence-electron chi connectivity index (χ2n) is 4.14. The molecular formula is C12H13BrClN3O. The molecule has 0 amide bonds. The van der Waals surface area contributed by atoms with E-state index in [-0.39, 0.29) is 17.0 Å². The zero-order chi connectivity index (χ0) is 11.7. The number of benzene rings is 1. The Hall–Kier alpha value is -0.910. The smallest absolute Gasteiger partial charge is 0.249 e. The lowest BCUT2D eigenvalue weighted by Gasteiger charge is -1.98. The highest BCUT2D eigenvalue weighted by Crippen LogP contribution is 2.26. The van der Waals surface area contributed by atoms with Crippen LogP contribution in [0, 0.1) is 0 Å². The van der Waals surface area contributed by atoms with Crippen LogP contribution in [0.25, 0.3) is 11.5 Å². The zero-order valence-electron chi connectivity index (χ0n) is 9.60. The van der Waals surface area contributed by atoms with Gasteiger partial charge in [0.25, 0.3) is 0 Å². The van der Waals surface area contributed by atoms with Crippen molar-refractivity contribution in [3.8, 4) is 11.5 Å². The molecule has 0 saturated heterocycles. The average Bonchev–Trinajstić information content (AvgIpc) is 3.06. The highest BCUT2D eigenvalue weighted by Gasteiger charge is 2.21. The minimum atomic E-state index is 0. The average molecular weight is 331 g/mol. The molecule has 18 heavy (non-hydrogen) atoms. The van der Waals surface area contributed by atoms with Gasteiger partial charge in [-0.1, -0.05) is 23.7 Å². The van der Waals surface area contributed by atoms with Gasteiger partial charge in [0.2, 0.25) is 11.8 Å². The molecule has 0 aliphatic heterocycles. The molecule has 1 heterocycles. The van der Waals surface area contributed by atoms with E-state index in [0.29, 0.717) is 29.4 Å². The van der Waals surface area contributed by atoms with Gasteiger partial charge in [0.05, 0.1) is 17.1 Å². The van der Waals surface area contributed by atoms with Crippen molar-refractivity contribution in [1.29, 1.82) is 0 Å². The molecule has 1 fully saturated rings. The first-order valence-corrected chi connectivity index (χ1v) is 6.01. The van der Waals surface area contributed by atoms with Crippen molar-refractivity contribution < 1.29 is 4.42 Å². The summed E-state index contributed by atoms with van der Waals surface area (Å²) in [4.78, 5) is 0. The molecule has 1 saturated carbocycles. The molecule has 2 aromatic rings. The Kier molecular flexibility index (Phi) is 4.37. The summed E-state index contributed by atoms with van der Waals surface area (Å²) in [6.07, 6.45) is 2.48. The van der Waals surface area contributed by atoms with Crippen LogP contribution >= 0.6 is 28.6 Å². The van der Waals surface area contributed by atoms with Gasteiger partial charge in [-0.2, -0.15) is 0 Å². The van der Waals surface area contributed by atoms with E-state index in [0.717, 1.165) is 5.56 Å². The molecule has 0 bridgehead atoms. The zero-order valence-corrected chi connectivity index (χ0v) is 12.1. The SMILES string of the molecule is Br.Clc1ccccc1-c1nnc(CNC2CC2)o1. The maximum atomic E-state index is 6.06. The fourth-order valence-corrected chi connectivity index (χ4v) is 1.80. The van der Waals surface area contributed by atoms with Crippen molar-refractivity contribution in [2.75, 3.05) is 0 Å². The maximum absolute atomic E-state index is 6.06. The number of rotatable bonds is 4. The molecule has 1 aromatic carbocycles. The lowest BCUT2D eigenvalue weighted by Crippen LogP contribution is -2.15. The first kappa shape index (κ1) is 13.5. The van der Waals surface area contributed by atoms with Crippen molar-refractivity contribution in [1.82, 2.24) is 15.5 Å². The molecule has 1 aliphatic carbocycles. The third-order valence-corrected chi connectivity index (χ3v) is 3.02. The first-order valence-electron chi connectivity index (χ1n) is 5.63. The topological polar surface area (TPSA) is 51.0 Å². The summed E-state index contributed by atoms with van der Waals surface area (Å²) in [6, 6.07) is 8.08. The Labute approximate surface area is 121 Å². The van der Waals surface area contributed by atoms with Crippen molar-refractivity contribution in [2.45, 2.75) is 25.4 Å². The van der Waals surface area contributed by atoms with Crippen LogP contribution in [0.3, 0.4) is 0 Å². The second kappa shape index (κ2) is 5.82. The molecule has 1 N–H and O–H groups in total. The number of hydrogen-bond donors (Lipinski definition) is 1. The molecule has 0 atom stereocenters. The van der Waals surface area contributed by atoms with Crippen LogP contribution in [0.4, 0.5) is 0 Å². The van der Waals surface area contributed by atoms with Crippen LogP contribution in [0.5, 0.6) is 0 Å². The highest BCUT2D eigenvalue weighted by atomic mass is 79.9. The number of aromatic nitrogens is 2. The van der Waals surface area contributed by atoms with Gasteiger partial charge in [-0.25, -0.2) is 0 Å². The molecule has 3 rings (SSSR count). The molecule has 0 unspecified atom stereocenters. The van der Waals surface area contributed by atoms with Gasteiger partial charge in [-0.15, -0.1) is 27.2 Å². The predicted octanol–water partition coefficient (Wildman–Crippen LogP) is 3.22. The van der Waals surface area contributed by atoms with Crippen molar-refractivity contribution in [3.63, 3.8) is 0 Å². The van der Waals surface area contributed by atoms with Crippen LogP contribution in [0.2, 0.25) is 5.02 Å². The summed E-state index contributed by atoms with van der Waals surface area (Å²) in [7, 11) is 0. The van der Waals surface area contributed by atoms with E-state index < -0.39 is 0 Å². The largest absolute Gasteiger partial charge is 0.419 e. The normalized spacial score (nSPS) is 14.3. The number of nitrogens with zero attached hydrogens (tertiary/aromatic N) is 2. The van der Waals surface area contributed by atoms with E-state index in [1.54, 1.807) is 0 Å². The Morgan fingerprint density at radius 3 is 2.78 bits per heavy atom. The van der Waals surface area contributed by atoms with E-state index in [1.807, 2.05) is 24.3 Å². The van der Waals surface area contributed by atoms with E-state index in [1.165, 1.54) is 12.8 Å². The van der Waals surface area contributed by atoms with Crippen LogP contribution in [-0.4, -0.2) is 16.2 Å². The fraction of sp³-hybridized carbons (Fsp3) is 0.333. The maximum Gasteiger partial charge on any atom is 0.249 e. The Bertz CT molecular complexity index is 528. The van der Waals surface area contributed by atoms with Gasteiger partial charge in [-0.3, -0.25) is 0 Å². The van der Waals surface area contributed by atoms with Crippen LogP contribution in [0.1, 0.15) is 18.7 Å². The minimum absolute atomic E-state index is 0. The third kappa shape index (κ3) is 3.10. The van der Waals surface area contributed by atoms with Gasteiger partial charge in [0, 0.05) is 6.04 Å². The van der Waals surface area contributed by atoms with E-state index >= 15 is 0 Å². The van der Waals surface area contributed by atoms with Crippen LogP contribution in [0.15, 0.2) is 28.7 Å².